The first-order valence-corrected chi connectivity index (χ1v) is 6.97. The molecule has 0 radical (unpaired) electrons. The average molecular weight is 298 g/mol. The van der Waals surface area contributed by atoms with Crippen LogP contribution < -0.4 is 0 Å². The highest BCUT2D eigenvalue weighted by atomic mass is 19.1. The zero-order chi connectivity index (χ0) is 15.7. The van der Waals surface area contributed by atoms with E-state index < -0.39 is 0 Å². The molecular weight excluding hydrogens is 283 g/mol. The van der Waals surface area contributed by atoms with Crippen molar-refractivity contribution in [3.8, 4) is 5.75 Å². The van der Waals surface area contributed by atoms with E-state index in [2.05, 4.69) is 5.10 Å². The van der Waals surface area contributed by atoms with Crippen molar-refractivity contribution >= 4 is 11.6 Å². The molecule has 1 N–H and O–H groups in total. The summed E-state index contributed by atoms with van der Waals surface area (Å²) in [4.78, 5) is 11.8. The van der Waals surface area contributed by atoms with Gasteiger partial charge in [-0.05, 0) is 29.8 Å². The van der Waals surface area contributed by atoms with E-state index in [1.807, 2.05) is 6.07 Å². The molecule has 2 aromatic rings. The first kappa shape index (κ1) is 14.3. The summed E-state index contributed by atoms with van der Waals surface area (Å²) in [6.45, 7) is 1.45. The predicted octanol–water partition coefficient (Wildman–Crippen LogP) is 3.23. The molecule has 1 amide bonds. The minimum absolute atomic E-state index is 0.153. The van der Waals surface area contributed by atoms with Crippen LogP contribution in [0.25, 0.3) is 0 Å². The Hall–Kier alpha value is -2.69. The minimum Gasteiger partial charge on any atom is -0.508 e. The molecule has 0 saturated heterocycles. The van der Waals surface area contributed by atoms with Crippen LogP contribution in [0.3, 0.4) is 0 Å². The van der Waals surface area contributed by atoms with Gasteiger partial charge in [0.25, 0.3) is 0 Å². The second-order valence-electron chi connectivity index (χ2n) is 5.23. The second-order valence-corrected chi connectivity index (χ2v) is 5.23. The molecule has 1 heterocycles. The Labute approximate surface area is 127 Å². The smallest absolute Gasteiger partial charge is 0.240 e. The third kappa shape index (κ3) is 2.70. The van der Waals surface area contributed by atoms with Gasteiger partial charge in [-0.15, -0.1) is 0 Å². The Balaban J connectivity index is 1.94. The monoisotopic (exact) mass is 298 g/mol. The molecule has 0 aliphatic carbocycles. The SMILES string of the molecule is CC(=O)N1N=C(c2cccc(O)c2)C[C@@H]1c1ccc(F)cc1. The van der Waals surface area contributed by atoms with E-state index in [0.717, 1.165) is 16.8 Å². The van der Waals surface area contributed by atoms with Gasteiger partial charge in [0, 0.05) is 18.9 Å². The number of amides is 1. The minimum atomic E-state index is -0.315. The van der Waals surface area contributed by atoms with Crippen molar-refractivity contribution in [1.82, 2.24) is 5.01 Å². The van der Waals surface area contributed by atoms with Crippen LogP contribution in [0.2, 0.25) is 0 Å². The van der Waals surface area contributed by atoms with Gasteiger partial charge in [-0.25, -0.2) is 9.40 Å². The Morgan fingerprint density at radius 1 is 1.27 bits per heavy atom. The maximum atomic E-state index is 13.1. The van der Waals surface area contributed by atoms with Crippen molar-refractivity contribution in [1.29, 1.82) is 0 Å². The van der Waals surface area contributed by atoms with Crippen LogP contribution in [0.1, 0.15) is 30.5 Å². The van der Waals surface area contributed by atoms with Gasteiger partial charge >= 0.3 is 0 Å². The van der Waals surface area contributed by atoms with E-state index in [1.54, 1.807) is 30.3 Å². The molecule has 112 valence electrons. The van der Waals surface area contributed by atoms with Gasteiger partial charge in [0.15, 0.2) is 0 Å². The summed E-state index contributed by atoms with van der Waals surface area (Å²) >= 11 is 0. The maximum Gasteiger partial charge on any atom is 0.240 e. The predicted molar refractivity (Wildman–Crippen MR) is 80.9 cm³/mol. The molecule has 0 fully saturated rings. The third-order valence-electron chi connectivity index (χ3n) is 3.67. The number of hydrazone groups is 1. The van der Waals surface area contributed by atoms with Crippen molar-refractivity contribution in [2.24, 2.45) is 5.10 Å². The Morgan fingerprint density at radius 2 is 2.00 bits per heavy atom. The molecule has 3 rings (SSSR count). The lowest BCUT2D eigenvalue weighted by atomic mass is 9.98. The van der Waals surface area contributed by atoms with E-state index >= 15 is 0 Å². The Bertz CT molecular complexity index is 741. The summed E-state index contributed by atoms with van der Waals surface area (Å²) in [6.07, 6.45) is 0.522. The molecule has 0 bridgehead atoms. The number of halogens is 1. The van der Waals surface area contributed by atoms with Crippen molar-refractivity contribution in [3.05, 3.63) is 65.5 Å². The van der Waals surface area contributed by atoms with Crippen LogP contribution in [0.4, 0.5) is 4.39 Å². The highest BCUT2D eigenvalue weighted by molar-refractivity contribution is 6.03. The van der Waals surface area contributed by atoms with Gasteiger partial charge < -0.3 is 5.11 Å². The number of phenols is 1. The summed E-state index contributed by atoms with van der Waals surface area (Å²) in [6, 6.07) is 12.6. The van der Waals surface area contributed by atoms with Crippen LogP contribution in [0, 0.1) is 5.82 Å². The first-order chi connectivity index (χ1) is 10.5. The van der Waals surface area contributed by atoms with E-state index in [-0.39, 0.29) is 23.5 Å². The number of hydrogen-bond acceptors (Lipinski definition) is 3. The van der Waals surface area contributed by atoms with Gasteiger partial charge in [-0.1, -0.05) is 24.3 Å². The molecule has 0 saturated carbocycles. The van der Waals surface area contributed by atoms with Gasteiger partial charge in [-0.2, -0.15) is 5.10 Å². The highest BCUT2D eigenvalue weighted by Gasteiger charge is 2.31. The first-order valence-electron chi connectivity index (χ1n) is 6.97. The number of carbonyl (C=O) groups excluding carboxylic acids is 1. The highest BCUT2D eigenvalue weighted by Crippen LogP contribution is 2.33. The molecule has 22 heavy (non-hydrogen) atoms. The molecule has 0 aromatic heterocycles. The van der Waals surface area contributed by atoms with Crippen molar-refractivity contribution in [2.45, 2.75) is 19.4 Å². The number of aromatic hydroxyl groups is 1. The molecule has 1 aliphatic rings. The fraction of sp³-hybridized carbons (Fsp3) is 0.176. The fourth-order valence-corrected chi connectivity index (χ4v) is 2.61. The summed E-state index contributed by atoms with van der Waals surface area (Å²) in [5.74, 6) is -0.338. The van der Waals surface area contributed by atoms with E-state index in [0.29, 0.717) is 6.42 Å². The van der Waals surface area contributed by atoms with Crippen molar-refractivity contribution in [2.75, 3.05) is 0 Å². The summed E-state index contributed by atoms with van der Waals surface area (Å²) < 4.78 is 13.1. The number of rotatable bonds is 2. The molecule has 0 unspecified atom stereocenters. The van der Waals surface area contributed by atoms with Gasteiger partial charge in [-0.3, -0.25) is 4.79 Å². The number of nitrogens with zero attached hydrogens (tertiary/aromatic N) is 2. The fourth-order valence-electron chi connectivity index (χ4n) is 2.61. The second kappa shape index (κ2) is 5.60. The van der Waals surface area contributed by atoms with Crippen molar-refractivity contribution in [3.63, 3.8) is 0 Å². The number of benzene rings is 2. The van der Waals surface area contributed by atoms with Gasteiger partial charge in [0.05, 0.1) is 11.8 Å². The van der Waals surface area contributed by atoms with Gasteiger partial charge in [0.1, 0.15) is 11.6 Å². The zero-order valence-electron chi connectivity index (χ0n) is 12.0. The summed E-state index contributed by atoms with van der Waals surface area (Å²) in [5, 5.41) is 15.4. The summed E-state index contributed by atoms with van der Waals surface area (Å²) in [7, 11) is 0. The van der Waals surface area contributed by atoms with Crippen LogP contribution in [-0.4, -0.2) is 21.7 Å². The molecule has 4 nitrogen and oxygen atoms in total. The largest absolute Gasteiger partial charge is 0.508 e. The molecule has 1 aliphatic heterocycles. The Kier molecular flexibility index (Phi) is 3.63. The molecular formula is C17H15FN2O2. The van der Waals surface area contributed by atoms with E-state index in [4.69, 9.17) is 0 Å². The maximum absolute atomic E-state index is 13.1. The zero-order valence-corrected chi connectivity index (χ0v) is 12.0. The van der Waals surface area contributed by atoms with Crippen LogP contribution in [-0.2, 0) is 4.79 Å². The lowest BCUT2D eigenvalue weighted by Gasteiger charge is -2.20. The average Bonchev–Trinajstić information content (AvgIpc) is 2.93. The lowest BCUT2D eigenvalue weighted by molar-refractivity contribution is -0.130. The van der Waals surface area contributed by atoms with E-state index in [9.17, 15) is 14.3 Å². The molecule has 2 aromatic carbocycles. The molecule has 0 spiro atoms. The van der Waals surface area contributed by atoms with Crippen LogP contribution >= 0.6 is 0 Å². The summed E-state index contributed by atoms with van der Waals surface area (Å²) in [5.41, 5.74) is 2.33. The number of phenolic OH excluding ortho intramolecular Hbond substituents is 1. The molecule has 5 heteroatoms. The lowest BCUT2D eigenvalue weighted by Crippen LogP contribution is -2.24. The standard InChI is InChI=1S/C17H15FN2O2/c1-11(21)20-17(12-5-7-14(18)8-6-12)10-16(19-20)13-3-2-4-15(22)9-13/h2-9,17,22H,10H2,1H3/t17-/m1/s1. The topological polar surface area (TPSA) is 52.9 Å². The molecule has 1 atom stereocenters. The van der Waals surface area contributed by atoms with Crippen LogP contribution in [0.5, 0.6) is 5.75 Å². The van der Waals surface area contributed by atoms with Crippen LogP contribution in [0.15, 0.2) is 53.6 Å². The normalized spacial score (nSPS) is 17.5. The Morgan fingerprint density at radius 3 is 2.64 bits per heavy atom. The van der Waals surface area contributed by atoms with E-state index in [1.165, 1.54) is 24.1 Å². The van der Waals surface area contributed by atoms with Gasteiger partial charge in [0.2, 0.25) is 5.91 Å². The third-order valence-corrected chi connectivity index (χ3v) is 3.67. The van der Waals surface area contributed by atoms with Crippen molar-refractivity contribution < 1.29 is 14.3 Å². The number of hydrogen-bond donors (Lipinski definition) is 1. The number of carbonyl (C=O) groups is 1. The quantitative estimate of drug-likeness (QED) is 0.925.